The number of anilines is 1. The minimum Gasteiger partial charge on any atom is -0.399 e. The second-order valence-corrected chi connectivity index (χ2v) is 4.70. The van der Waals surface area contributed by atoms with E-state index in [1.54, 1.807) is 0 Å². The Labute approximate surface area is 104 Å². The number of rotatable bonds is 7. The molecule has 0 atom stereocenters. The van der Waals surface area contributed by atoms with E-state index in [4.69, 9.17) is 10.8 Å². The molecule has 0 bridgehead atoms. The maximum absolute atomic E-state index is 8.87. The molecule has 0 aromatic heterocycles. The molecule has 1 rings (SSSR count). The van der Waals surface area contributed by atoms with Gasteiger partial charge in [-0.15, -0.1) is 0 Å². The summed E-state index contributed by atoms with van der Waals surface area (Å²) in [6, 6.07) is 8.58. The summed E-state index contributed by atoms with van der Waals surface area (Å²) in [7, 11) is 0. The van der Waals surface area contributed by atoms with Gasteiger partial charge in [0, 0.05) is 31.4 Å². The van der Waals surface area contributed by atoms with Gasteiger partial charge >= 0.3 is 0 Å². The molecule has 0 amide bonds. The zero-order valence-corrected chi connectivity index (χ0v) is 10.9. The van der Waals surface area contributed by atoms with Gasteiger partial charge in [0.25, 0.3) is 0 Å². The average Bonchev–Trinajstić information content (AvgIpc) is 2.31. The molecule has 0 saturated heterocycles. The molecular formula is C14H24N2O. The molecule has 3 N–H and O–H groups in total. The number of hydrogen-bond donors (Lipinski definition) is 2. The molecule has 0 aliphatic rings. The van der Waals surface area contributed by atoms with Crippen molar-refractivity contribution >= 4 is 5.69 Å². The topological polar surface area (TPSA) is 49.5 Å². The standard InChI is InChI=1S/C14H24N2O/c1-12(2)16(9-3-11-17)10-8-13-4-6-14(15)7-5-13/h4-7,12,17H,3,8-11,15H2,1-2H3. The van der Waals surface area contributed by atoms with Gasteiger partial charge in [0.15, 0.2) is 0 Å². The molecule has 0 aliphatic carbocycles. The maximum atomic E-state index is 8.87. The summed E-state index contributed by atoms with van der Waals surface area (Å²) >= 11 is 0. The van der Waals surface area contributed by atoms with Crippen molar-refractivity contribution in [3.8, 4) is 0 Å². The fourth-order valence-corrected chi connectivity index (χ4v) is 1.86. The third-order valence-corrected chi connectivity index (χ3v) is 3.00. The van der Waals surface area contributed by atoms with Crippen molar-refractivity contribution in [1.29, 1.82) is 0 Å². The molecule has 0 unspecified atom stereocenters. The predicted molar refractivity (Wildman–Crippen MR) is 73.0 cm³/mol. The van der Waals surface area contributed by atoms with E-state index in [1.165, 1.54) is 5.56 Å². The third kappa shape index (κ3) is 5.20. The first kappa shape index (κ1) is 14.0. The number of nitrogens with two attached hydrogens (primary N) is 1. The summed E-state index contributed by atoms with van der Waals surface area (Å²) in [6.07, 6.45) is 1.88. The van der Waals surface area contributed by atoms with E-state index in [0.717, 1.165) is 31.6 Å². The lowest BCUT2D eigenvalue weighted by Gasteiger charge is -2.26. The third-order valence-electron chi connectivity index (χ3n) is 3.00. The van der Waals surface area contributed by atoms with Gasteiger partial charge in [-0.2, -0.15) is 0 Å². The molecular weight excluding hydrogens is 212 g/mol. The van der Waals surface area contributed by atoms with Crippen LogP contribution in [0.4, 0.5) is 5.69 Å². The first-order chi connectivity index (χ1) is 8.13. The average molecular weight is 236 g/mol. The highest BCUT2D eigenvalue weighted by Gasteiger charge is 2.08. The van der Waals surface area contributed by atoms with Crippen molar-refractivity contribution in [2.45, 2.75) is 32.7 Å². The molecule has 0 aliphatic heterocycles. The molecule has 0 saturated carbocycles. The highest BCUT2D eigenvalue weighted by Crippen LogP contribution is 2.08. The number of aliphatic hydroxyl groups is 1. The Morgan fingerprint density at radius 1 is 1.18 bits per heavy atom. The first-order valence-electron chi connectivity index (χ1n) is 6.33. The highest BCUT2D eigenvalue weighted by atomic mass is 16.3. The van der Waals surface area contributed by atoms with E-state index in [-0.39, 0.29) is 6.61 Å². The largest absolute Gasteiger partial charge is 0.399 e. The van der Waals surface area contributed by atoms with Gasteiger partial charge in [-0.1, -0.05) is 12.1 Å². The van der Waals surface area contributed by atoms with Crippen LogP contribution in [0.5, 0.6) is 0 Å². The van der Waals surface area contributed by atoms with E-state index < -0.39 is 0 Å². The fraction of sp³-hybridized carbons (Fsp3) is 0.571. The van der Waals surface area contributed by atoms with Gasteiger partial charge in [0.1, 0.15) is 0 Å². The van der Waals surface area contributed by atoms with Crippen LogP contribution >= 0.6 is 0 Å². The lowest BCUT2D eigenvalue weighted by molar-refractivity contribution is 0.193. The van der Waals surface area contributed by atoms with E-state index in [0.29, 0.717) is 6.04 Å². The molecule has 0 radical (unpaired) electrons. The fourth-order valence-electron chi connectivity index (χ4n) is 1.86. The van der Waals surface area contributed by atoms with Crippen molar-refractivity contribution in [1.82, 2.24) is 4.90 Å². The Balaban J connectivity index is 2.43. The van der Waals surface area contributed by atoms with Gasteiger partial charge in [-0.05, 0) is 44.4 Å². The summed E-state index contributed by atoms with van der Waals surface area (Å²) in [5, 5.41) is 8.87. The smallest absolute Gasteiger partial charge is 0.0443 e. The molecule has 1 aromatic carbocycles. The number of aliphatic hydroxyl groups excluding tert-OH is 1. The van der Waals surface area contributed by atoms with Crippen LogP contribution in [0, 0.1) is 0 Å². The number of benzene rings is 1. The van der Waals surface area contributed by atoms with Crippen molar-refractivity contribution in [2.24, 2.45) is 0 Å². The van der Waals surface area contributed by atoms with Gasteiger partial charge in [-0.3, -0.25) is 0 Å². The minimum atomic E-state index is 0.269. The molecule has 0 spiro atoms. The normalized spacial score (nSPS) is 11.4. The lowest BCUT2D eigenvalue weighted by Crippen LogP contribution is -2.34. The van der Waals surface area contributed by atoms with E-state index in [2.05, 4.69) is 30.9 Å². The molecule has 1 aromatic rings. The molecule has 96 valence electrons. The van der Waals surface area contributed by atoms with E-state index in [9.17, 15) is 0 Å². The van der Waals surface area contributed by atoms with Gasteiger partial charge in [0.2, 0.25) is 0 Å². The van der Waals surface area contributed by atoms with E-state index >= 15 is 0 Å². The summed E-state index contributed by atoms with van der Waals surface area (Å²) in [6.45, 7) is 6.65. The highest BCUT2D eigenvalue weighted by molar-refractivity contribution is 5.39. The molecule has 3 heteroatoms. The van der Waals surface area contributed by atoms with Crippen LogP contribution in [0.3, 0.4) is 0 Å². The maximum Gasteiger partial charge on any atom is 0.0443 e. The second kappa shape index (κ2) is 7.30. The predicted octanol–water partition coefficient (Wildman–Crippen LogP) is 1.90. The van der Waals surface area contributed by atoms with Crippen molar-refractivity contribution in [3.05, 3.63) is 29.8 Å². The van der Waals surface area contributed by atoms with Crippen LogP contribution in [-0.4, -0.2) is 35.7 Å². The van der Waals surface area contributed by atoms with Crippen LogP contribution < -0.4 is 5.73 Å². The number of hydrogen-bond acceptors (Lipinski definition) is 3. The first-order valence-corrected chi connectivity index (χ1v) is 6.33. The molecule has 3 nitrogen and oxygen atoms in total. The SMILES string of the molecule is CC(C)N(CCCO)CCc1ccc(N)cc1. The van der Waals surface area contributed by atoms with Gasteiger partial charge in [-0.25, -0.2) is 0 Å². The van der Waals surface area contributed by atoms with Crippen LogP contribution in [-0.2, 0) is 6.42 Å². The number of nitrogens with zero attached hydrogens (tertiary/aromatic N) is 1. The lowest BCUT2D eigenvalue weighted by atomic mass is 10.1. The Kier molecular flexibility index (Phi) is 6.01. The monoisotopic (exact) mass is 236 g/mol. The van der Waals surface area contributed by atoms with Gasteiger partial charge in [0.05, 0.1) is 0 Å². The summed E-state index contributed by atoms with van der Waals surface area (Å²) in [5.41, 5.74) is 7.79. The van der Waals surface area contributed by atoms with Gasteiger partial charge < -0.3 is 15.7 Å². The molecule has 17 heavy (non-hydrogen) atoms. The Morgan fingerprint density at radius 2 is 1.82 bits per heavy atom. The molecule has 0 heterocycles. The van der Waals surface area contributed by atoms with Crippen molar-refractivity contribution < 1.29 is 5.11 Å². The van der Waals surface area contributed by atoms with Crippen LogP contribution in [0.15, 0.2) is 24.3 Å². The Bertz CT molecular complexity index is 309. The summed E-state index contributed by atoms with van der Waals surface area (Å²) in [4.78, 5) is 2.40. The quantitative estimate of drug-likeness (QED) is 0.711. The number of nitrogen functional groups attached to an aromatic ring is 1. The van der Waals surface area contributed by atoms with Crippen molar-refractivity contribution in [3.63, 3.8) is 0 Å². The van der Waals surface area contributed by atoms with Crippen LogP contribution in [0.1, 0.15) is 25.8 Å². The Morgan fingerprint density at radius 3 is 2.35 bits per heavy atom. The van der Waals surface area contributed by atoms with Crippen LogP contribution in [0.2, 0.25) is 0 Å². The van der Waals surface area contributed by atoms with Crippen molar-refractivity contribution in [2.75, 3.05) is 25.4 Å². The summed E-state index contributed by atoms with van der Waals surface area (Å²) < 4.78 is 0. The minimum absolute atomic E-state index is 0.269. The van der Waals surface area contributed by atoms with E-state index in [1.807, 2.05) is 12.1 Å². The zero-order valence-electron chi connectivity index (χ0n) is 10.9. The molecule has 0 fully saturated rings. The Hall–Kier alpha value is -1.06. The van der Waals surface area contributed by atoms with Crippen LogP contribution in [0.25, 0.3) is 0 Å². The zero-order chi connectivity index (χ0) is 12.7. The second-order valence-electron chi connectivity index (χ2n) is 4.70. The summed E-state index contributed by atoms with van der Waals surface area (Å²) in [5.74, 6) is 0.